The number of methoxy groups -OCH3 is 1. The topological polar surface area (TPSA) is 106 Å². The third kappa shape index (κ3) is 8.81. The summed E-state index contributed by atoms with van der Waals surface area (Å²) < 4.78 is 12.2. The maximum atomic E-state index is 12.5. The highest BCUT2D eigenvalue weighted by Gasteiger charge is 2.15. The second-order valence-corrected chi connectivity index (χ2v) is 9.83. The standard InChI is InChI=1S/C28H27Br2N3O5/c1-37-25-17-19(14-15-24(25)38-28(36)21-10-5-7-12-23(21)30)18-32-33-26(34)13-3-2-8-16-31-27(35)20-9-4-6-11-22(20)29/h4-7,9-12,14-15,17-18H,2-3,8,13,16H2,1H3,(H,31,35)(H,33,34). The number of hydrazone groups is 1. The van der Waals surface area contributed by atoms with Crippen LogP contribution < -0.4 is 20.2 Å². The van der Waals surface area contributed by atoms with Crippen LogP contribution in [0.2, 0.25) is 0 Å². The molecular weight excluding hydrogens is 618 g/mol. The summed E-state index contributed by atoms with van der Waals surface area (Å²) in [6.45, 7) is 0.537. The van der Waals surface area contributed by atoms with Crippen molar-refractivity contribution in [2.45, 2.75) is 25.7 Å². The van der Waals surface area contributed by atoms with Crippen LogP contribution in [-0.2, 0) is 4.79 Å². The highest BCUT2D eigenvalue weighted by atomic mass is 79.9. The van der Waals surface area contributed by atoms with Crippen molar-refractivity contribution >= 4 is 55.9 Å². The van der Waals surface area contributed by atoms with Gasteiger partial charge in [0.2, 0.25) is 5.91 Å². The van der Waals surface area contributed by atoms with Crippen LogP contribution in [0.3, 0.4) is 0 Å². The minimum atomic E-state index is -0.517. The molecule has 2 N–H and O–H groups in total. The van der Waals surface area contributed by atoms with Crippen LogP contribution in [0.15, 0.2) is 80.8 Å². The third-order valence-electron chi connectivity index (χ3n) is 5.37. The molecule has 0 aromatic heterocycles. The molecule has 0 atom stereocenters. The van der Waals surface area contributed by atoms with Gasteiger partial charge in [-0.1, -0.05) is 30.7 Å². The van der Waals surface area contributed by atoms with E-state index in [0.717, 1.165) is 17.3 Å². The van der Waals surface area contributed by atoms with Crippen LogP contribution in [0.1, 0.15) is 52.0 Å². The van der Waals surface area contributed by atoms with Gasteiger partial charge >= 0.3 is 5.97 Å². The fourth-order valence-electron chi connectivity index (χ4n) is 3.39. The first kappa shape index (κ1) is 29.1. The van der Waals surface area contributed by atoms with Crippen LogP contribution in [0.4, 0.5) is 0 Å². The van der Waals surface area contributed by atoms with E-state index >= 15 is 0 Å². The van der Waals surface area contributed by atoms with Gasteiger partial charge < -0.3 is 14.8 Å². The number of carbonyl (C=O) groups excluding carboxylic acids is 3. The van der Waals surface area contributed by atoms with E-state index in [1.807, 2.05) is 24.3 Å². The highest BCUT2D eigenvalue weighted by molar-refractivity contribution is 9.10. The molecule has 3 rings (SSSR count). The van der Waals surface area contributed by atoms with E-state index in [4.69, 9.17) is 9.47 Å². The van der Waals surface area contributed by atoms with Crippen molar-refractivity contribution in [1.29, 1.82) is 0 Å². The van der Waals surface area contributed by atoms with E-state index in [1.54, 1.807) is 42.5 Å². The smallest absolute Gasteiger partial charge is 0.344 e. The van der Waals surface area contributed by atoms with Gasteiger partial charge in [-0.2, -0.15) is 5.10 Å². The Kier molecular flexibility index (Phi) is 11.5. The normalized spacial score (nSPS) is 10.7. The quantitative estimate of drug-likeness (QED) is 0.0842. The Labute approximate surface area is 238 Å². The Morgan fingerprint density at radius 3 is 2.24 bits per heavy atom. The van der Waals surface area contributed by atoms with Gasteiger partial charge in [-0.15, -0.1) is 0 Å². The molecule has 8 nitrogen and oxygen atoms in total. The average Bonchev–Trinajstić information content (AvgIpc) is 2.91. The monoisotopic (exact) mass is 643 g/mol. The number of nitrogens with one attached hydrogen (secondary N) is 2. The number of benzene rings is 3. The summed E-state index contributed by atoms with van der Waals surface area (Å²) >= 11 is 6.71. The predicted octanol–water partition coefficient (Wildman–Crippen LogP) is 5.88. The van der Waals surface area contributed by atoms with Crippen LogP contribution in [-0.4, -0.2) is 37.7 Å². The van der Waals surface area contributed by atoms with Crippen molar-refractivity contribution in [1.82, 2.24) is 10.7 Å². The highest BCUT2D eigenvalue weighted by Crippen LogP contribution is 2.29. The molecule has 0 aliphatic rings. The van der Waals surface area contributed by atoms with Crippen molar-refractivity contribution in [3.05, 3.63) is 92.4 Å². The van der Waals surface area contributed by atoms with E-state index in [-0.39, 0.29) is 17.6 Å². The molecule has 3 aromatic carbocycles. The molecule has 198 valence electrons. The Morgan fingerprint density at radius 2 is 1.55 bits per heavy atom. The Bertz CT molecular complexity index is 1310. The molecule has 0 heterocycles. The Hall–Kier alpha value is -3.50. The number of ether oxygens (including phenoxy) is 2. The maximum absolute atomic E-state index is 12.5. The summed E-state index contributed by atoms with van der Waals surface area (Å²) in [7, 11) is 1.47. The van der Waals surface area contributed by atoms with E-state index in [9.17, 15) is 14.4 Å². The molecule has 0 unspecified atom stereocenters. The van der Waals surface area contributed by atoms with Gasteiger partial charge in [-0.25, -0.2) is 10.2 Å². The summed E-state index contributed by atoms with van der Waals surface area (Å²) in [5.74, 6) is -0.230. The zero-order valence-corrected chi connectivity index (χ0v) is 23.9. The van der Waals surface area contributed by atoms with Gasteiger partial charge in [0.1, 0.15) is 0 Å². The van der Waals surface area contributed by atoms with Crippen LogP contribution in [0.25, 0.3) is 0 Å². The van der Waals surface area contributed by atoms with Gasteiger partial charge in [0.25, 0.3) is 5.91 Å². The molecule has 0 aliphatic heterocycles. The minimum absolute atomic E-state index is 0.128. The lowest BCUT2D eigenvalue weighted by molar-refractivity contribution is -0.121. The van der Waals surface area contributed by atoms with Gasteiger partial charge in [0.05, 0.1) is 24.5 Å². The maximum Gasteiger partial charge on any atom is 0.344 e. The first-order valence-electron chi connectivity index (χ1n) is 11.9. The molecule has 0 spiro atoms. The number of nitrogens with zero attached hydrogens (tertiary/aromatic N) is 1. The summed E-state index contributed by atoms with van der Waals surface area (Å²) in [4.78, 5) is 36.7. The third-order valence-corrected chi connectivity index (χ3v) is 6.75. The summed E-state index contributed by atoms with van der Waals surface area (Å²) in [6, 6.07) is 19.2. The molecular formula is C28H27Br2N3O5. The summed E-state index contributed by atoms with van der Waals surface area (Å²) in [5.41, 5.74) is 4.15. The molecule has 2 amide bonds. The largest absolute Gasteiger partial charge is 0.493 e. The number of esters is 1. The van der Waals surface area contributed by atoms with E-state index < -0.39 is 5.97 Å². The molecule has 0 bridgehead atoms. The van der Waals surface area contributed by atoms with Gasteiger partial charge in [0, 0.05) is 21.9 Å². The number of rotatable bonds is 12. The molecule has 0 saturated heterocycles. The van der Waals surface area contributed by atoms with Crippen molar-refractivity contribution < 1.29 is 23.9 Å². The number of carbonyl (C=O) groups is 3. The predicted molar refractivity (Wildman–Crippen MR) is 153 cm³/mol. The van der Waals surface area contributed by atoms with Crippen LogP contribution >= 0.6 is 31.9 Å². The van der Waals surface area contributed by atoms with Crippen molar-refractivity contribution in [2.75, 3.05) is 13.7 Å². The van der Waals surface area contributed by atoms with E-state index in [1.165, 1.54) is 13.3 Å². The average molecular weight is 645 g/mol. The summed E-state index contributed by atoms with van der Waals surface area (Å²) in [6.07, 6.45) is 4.05. The first-order chi connectivity index (χ1) is 18.4. The molecule has 38 heavy (non-hydrogen) atoms. The lowest BCUT2D eigenvalue weighted by atomic mass is 10.2. The molecule has 0 fully saturated rings. The van der Waals surface area contributed by atoms with Crippen molar-refractivity contribution in [2.24, 2.45) is 5.10 Å². The zero-order valence-electron chi connectivity index (χ0n) is 20.7. The minimum Gasteiger partial charge on any atom is -0.493 e. The van der Waals surface area contributed by atoms with Gasteiger partial charge in [-0.3, -0.25) is 9.59 Å². The van der Waals surface area contributed by atoms with Crippen LogP contribution in [0, 0.1) is 0 Å². The number of unbranched alkanes of at least 4 members (excludes halogenated alkanes) is 2. The molecule has 0 aliphatic carbocycles. The van der Waals surface area contributed by atoms with E-state index in [0.29, 0.717) is 46.3 Å². The lowest BCUT2D eigenvalue weighted by Gasteiger charge is -2.10. The SMILES string of the molecule is COc1cc(C=NNC(=O)CCCCCNC(=O)c2ccccc2Br)ccc1OC(=O)c1ccccc1Br. The van der Waals surface area contributed by atoms with Crippen molar-refractivity contribution in [3.8, 4) is 11.5 Å². The van der Waals surface area contributed by atoms with Crippen LogP contribution in [0.5, 0.6) is 11.5 Å². The van der Waals surface area contributed by atoms with Gasteiger partial charge in [0.15, 0.2) is 11.5 Å². The number of amides is 2. The van der Waals surface area contributed by atoms with Crippen molar-refractivity contribution in [3.63, 3.8) is 0 Å². The zero-order chi connectivity index (χ0) is 27.3. The second kappa shape index (κ2) is 15.0. The molecule has 10 heteroatoms. The van der Waals surface area contributed by atoms with E-state index in [2.05, 4.69) is 47.7 Å². The Balaban J connectivity index is 1.38. The molecule has 0 saturated carbocycles. The second-order valence-electron chi connectivity index (χ2n) is 8.12. The number of halogens is 2. The lowest BCUT2D eigenvalue weighted by Crippen LogP contribution is -2.24. The number of hydrogen-bond acceptors (Lipinski definition) is 6. The fourth-order valence-corrected chi connectivity index (χ4v) is 4.31. The molecule has 3 aromatic rings. The Morgan fingerprint density at radius 1 is 0.868 bits per heavy atom. The first-order valence-corrected chi connectivity index (χ1v) is 13.5. The number of hydrogen-bond donors (Lipinski definition) is 2. The molecule has 0 radical (unpaired) electrons. The summed E-state index contributed by atoms with van der Waals surface area (Å²) in [5, 5.41) is 6.87. The fraction of sp³-hybridized carbons (Fsp3) is 0.214. The van der Waals surface area contributed by atoms with Gasteiger partial charge in [-0.05, 0) is 92.7 Å².